The van der Waals surface area contributed by atoms with Crippen LogP contribution in [-0.4, -0.2) is 17.5 Å². The third kappa shape index (κ3) is 3.17. The largest absolute Gasteiger partial charge is 0.492 e. The lowest BCUT2D eigenvalue weighted by molar-refractivity contribution is 0.0998. The van der Waals surface area contributed by atoms with Crippen LogP contribution in [0.25, 0.3) is 21.9 Å². The predicted octanol–water partition coefficient (Wildman–Crippen LogP) is 5.70. The lowest BCUT2D eigenvalue weighted by atomic mass is 10.1. The van der Waals surface area contributed by atoms with E-state index in [4.69, 9.17) is 9.15 Å². The summed E-state index contributed by atoms with van der Waals surface area (Å²) in [6.07, 6.45) is 1.71. The molecular formula is C21H17BrN2O3. The Morgan fingerprint density at radius 3 is 2.89 bits per heavy atom. The Morgan fingerprint density at radius 1 is 1.22 bits per heavy atom. The summed E-state index contributed by atoms with van der Waals surface area (Å²) in [5.41, 5.74) is 2.85. The van der Waals surface area contributed by atoms with Crippen LogP contribution >= 0.6 is 15.9 Å². The monoisotopic (exact) mass is 424 g/mol. The zero-order valence-corrected chi connectivity index (χ0v) is 16.5. The number of aryl methyl sites for hydroxylation is 1. The Hall–Kier alpha value is -2.86. The molecule has 2 heterocycles. The van der Waals surface area contributed by atoms with E-state index < -0.39 is 0 Å². The second kappa shape index (κ2) is 7.04. The van der Waals surface area contributed by atoms with Crippen molar-refractivity contribution in [3.05, 3.63) is 64.5 Å². The van der Waals surface area contributed by atoms with Gasteiger partial charge >= 0.3 is 0 Å². The van der Waals surface area contributed by atoms with Crippen molar-refractivity contribution in [3.63, 3.8) is 0 Å². The predicted molar refractivity (Wildman–Crippen MR) is 110 cm³/mol. The maximum absolute atomic E-state index is 12.9. The van der Waals surface area contributed by atoms with Crippen molar-refractivity contribution in [2.24, 2.45) is 0 Å². The standard InChI is InChI=1S/C21H17BrN2O3/c1-3-26-17-9-8-16(15-5-4-10-23-19(15)17)24-21(25)20-12(2)14-7-6-13(22)11-18(14)27-20/h4-11H,3H2,1-2H3,(H,24,25). The van der Waals surface area contributed by atoms with E-state index in [9.17, 15) is 4.79 Å². The fourth-order valence-corrected chi connectivity index (χ4v) is 3.46. The smallest absolute Gasteiger partial charge is 0.291 e. The van der Waals surface area contributed by atoms with Gasteiger partial charge in [-0.15, -0.1) is 0 Å². The summed E-state index contributed by atoms with van der Waals surface area (Å²) in [7, 11) is 0. The Morgan fingerprint density at radius 2 is 2.07 bits per heavy atom. The second-order valence-electron chi connectivity index (χ2n) is 6.09. The van der Waals surface area contributed by atoms with E-state index in [1.807, 2.05) is 56.3 Å². The minimum atomic E-state index is -0.297. The van der Waals surface area contributed by atoms with E-state index in [0.717, 1.165) is 20.8 Å². The highest BCUT2D eigenvalue weighted by molar-refractivity contribution is 9.10. The van der Waals surface area contributed by atoms with Crippen molar-refractivity contribution < 1.29 is 13.9 Å². The molecule has 0 atom stereocenters. The number of hydrogen-bond donors (Lipinski definition) is 1. The zero-order chi connectivity index (χ0) is 19.0. The molecule has 0 spiro atoms. The first-order valence-electron chi connectivity index (χ1n) is 8.59. The highest BCUT2D eigenvalue weighted by Gasteiger charge is 2.19. The van der Waals surface area contributed by atoms with Gasteiger partial charge in [-0.2, -0.15) is 0 Å². The molecule has 0 aliphatic heterocycles. The average molecular weight is 425 g/mol. The summed E-state index contributed by atoms with van der Waals surface area (Å²) in [4.78, 5) is 17.3. The van der Waals surface area contributed by atoms with Crippen molar-refractivity contribution in [1.82, 2.24) is 4.98 Å². The van der Waals surface area contributed by atoms with Gasteiger partial charge in [0, 0.05) is 27.0 Å². The first-order chi connectivity index (χ1) is 13.1. The number of carbonyl (C=O) groups is 1. The highest BCUT2D eigenvalue weighted by atomic mass is 79.9. The van der Waals surface area contributed by atoms with Crippen molar-refractivity contribution >= 4 is 49.4 Å². The number of amides is 1. The molecule has 27 heavy (non-hydrogen) atoms. The Bertz CT molecular complexity index is 1170. The number of aromatic nitrogens is 1. The molecule has 0 aliphatic carbocycles. The number of benzene rings is 2. The van der Waals surface area contributed by atoms with Crippen LogP contribution < -0.4 is 10.1 Å². The maximum atomic E-state index is 12.9. The molecule has 1 amide bonds. The summed E-state index contributed by atoms with van der Waals surface area (Å²) in [6.45, 7) is 4.35. The Kier molecular flexibility index (Phi) is 4.58. The molecule has 0 saturated heterocycles. The molecule has 0 aliphatic rings. The molecule has 1 N–H and O–H groups in total. The third-order valence-electron chi connectivity index (χ3n) is 4.39. The fourth-order valence-electron chi connectivity index (χ4n) is 3.12. The normalized spacial score (nSPS) is 11.1. The van der Waals surface area contributed by atoms with E-state index >= 15 is 0 Å². The molecule has 2 aromatic carbocycles. The summed E-state index contributed by atoms with van der Waals surface area (Å²) >= 11 is 3.42. The van der Waals surface area contributed by atoms with Gasteiger partial charge < -0.3 is 14.5 Å². The highest BCUT2D eigenvalue weighted by Crippen LogP contribution is 2.32. The molecule has 2 aromatic heterocycles. The number of carbonyl (C=O) groups excluding carboxylic acids is 1. The fraction of sp³-hybridized carbons (Fsp3) is 0.143. The first-order valence-corrected chi connectivity index (χ1v) is 9.38. The number of nitrogens with one attached hydrogen (secondary N) is 1. The van der Waals surface area contributed by atoms with E-state index in [1.165, 1.54) is 0 Å². The van der Waals surface area contributed by atoms with Crippen LogP contribution in [-0.2, 0) is 0 Å². The number of rotatable bonds is 4. The summed E-state index contributed by atoms with van der Waals surface area (Å²) in [5, 5.41) is 4.68. The molecule has 6 heteroatoms. The van der Waals surface area contributed by atoms with Gasteiger partial charge in [0.15, 0.2) is 5.76 Å². The van der Waals surface area contributed by atoms with Crippen LogP contribution in [0.3, 0.4) is 0 Å². The van der Waals surface area contributed by atoms with Gasteiger partial charge in [0.2, 0.25) is 0 Å². The molecule has 0 radical (unpaired) electrons. The zero-order valence-electron chi connectivity index (χ0n) is 14.9. The molecule has 4 aromatic rings. The number of furan rings is 1. The molecule has 136 valence electrons. The van der Waals surface area contributed by atoms with Crippen LogP contribution in [0, 0.1) is 6.92 Å². The van der Waals surface area contributed by atoms with Crippen molar-refractivity contribution in [2.75, 3.05) is 11.9 Å². The van der Waals surface area contributed by atoms with Gasteiger partial charge in [-0.3, -0.25) is 9.78 Å². The van der Waals surface area contributed by atoms with Crippen LogP contribution in [0.1, 0.15) is 23.0 Å². The average Bonchev–Trinajstić information content (AvgIpc) is 3.00. The number of anilines is 1. The SMILES string of the molecule is CCOc1ccc(NC(=O)c2oc3cc(Br)ccc3c2C)c2cccnc12. The van der Waals surface area contributed by atoms with Gasteiger partial charge in [0.1, 0.15) is 16.8 Å². The van der Waals surface area contributed by atoms with E-state index in [-0.39, 0.29) is 5.91 Å². The molecule has 0 fully saturated rings. The van der Waals surface area contributed by atoms with Crippen LogP contribution in [0.2, 0.25) is 0 Å². The van der Waals surface area contributed by atoms with Crippen LogP contribution in [0.4, 0.5) is 5.69 Å². The van der Waals surface area contributed by atoms with Gasteiger partial charge in [0.05, 0.1) is 12.3 Å². The van der Waals surface area contributed by atoms with Crippen LogP contribution in [0.5, 0.6) is 5.75 Å². The van der Waals surface area contributed by atoms with Crippen molar-refractivity contribution in [2.45, 2.75) is 13.8 Å². The first kappa shape index (κ1) is 17.5. The Labute approximate surface area is 164 Å². The molecule has 5 nitrogen and oxygen atoms in total. The molecule has 4 rings (SSSR count). The number of ether oxygens (including phenoxy) is 1. The number of nitrogens with zero attached hydrogens (tertiary/aromatic N) is 1. The summed E-state index contributed by atoms with van der Waals surface area (Å²) in [6, 6.07) is 13.1. The number of halogens is 1. The molecular weight excluding hydrogens is 408 g/mol. The third-order valence-corrected chi connectivity index (χ3v) is 4.88. The number of hydrogen-bond acceptors (Lipinski definition) is 4. The Balaban J connectivity index is 1.73. The lowest BCUT2D eigenvalue weighted by Crippen LogP contribution is -2.12. The molecule has 0 bridgehead atoms. The number of pyridine rings is 1. The van der Waals surface area contributed by atoms with Crippen molar-refractivity contribution in [3.8, 4) is 5.75 Å². The van der Waals surface area contributed by atoms with Gasteiger partial charge in [-0.05, 0) is 56.3 Å². The molecule has 0 unspecified atom stereocenters. The summed E-state index contributed by atoms with van der Waals surface area (Å²) < 4.78 is 12.3. The van der Waals surface area contributed by atoms with E-state index in [2.05, 4.69) is 26.2 Å². The van der Waals surface area contributed by atoms with E-state index in [1.54, 1.807) is 6.20 Å². The van der Waals surface area contributed by atoms with Gasteiger partial charge in [-0.1, -0.05) is 15.9 Å². The quantitative estimate of drug-likeness (QED) is 0.456. The van der Waals surface area contributed by atoms with Crippen LogP contribution in [0.15, 0.2) is 57.6 Å². The topological polar surface area (TPSA) is 64.4 Å². The lowest BCUT2D eigenvalue weighted by Gasteiger charge is -2.11. The van der Waals surface area contributed by atoms with Gasteiger partial charge in [0.25, 0.3) is 5.91 Å². The second-order valence-corrected chi connectivity index (χ2v) is 7.01. The number of fused-ring (bicyclic) bond motifs is 2. The van der Waals surface area contributed by atoms with Crippen molar-refractivity contribution in [1.29, 1.82) is 0 Å². The van der Waals surface area contributed by atoms with E-state index in [0.29, 0.717) is 34.9 Å². The van der Waals surface area contributed by atoms with Gasteiger partial charge in [-0.25, -0.2) is 0 Å². The minimum absolute atomic E-state index is 0.297. The summed E-state index contributed by atoms with van der Waals surface area (Å²) in [5.74, 6) is 0.694. The maximum Gasteiger partial charge on any atom is 0.291 e. The molecule has 0 saturated carbocycles. The minimum Gasteiger partial charge on any atom is -0.492 e.